The molecule has 0 aliphatic carbocycles. The first kappa shape index (κ1) is 13.3. The van der Waals surface area contributed by atoms with E-state index in [2.05, 4.69) is 48.2 Å². The Kier molecular flexibility index (Phi) is 4.97. The topological polar surface area (TPSA) is 29.3 Å². The van der Waals surface area contributed by atoms with Crippen molar-refractivity contribution in [2.45, 2.75) is 38.3 Å². The van der Waals surface area contributed by atoms with E-state index in [-0.39, 0.29) is 0 Å². The Balaban J connectivity index is 2.02. The Morgan fingerprint density at radius 2 is 2.11 bits per heavy atom. The molecule has 2 atom stereocenters. The summed E-state index contributed by atoms with van der Waals surface area (Å²) in [5.41, 5.74) is 7.19. The van der Waals surface area contributed by atoms with Gasteiger partial charge in [0.1, 0.15) is 0 Å². The van der Waals surface area contributed by atoms with Gasteiger partial charge in [-0.25, -0.2) is 0 Å². The van der Waals surface area contributed by atoms with Crippen LogP contribution in [0.1, 0.15) is 31.7 Å². The fourth-order valence-electron chi connectivity index (χ4n) is 2.72. The van der Waals surface area contributed by atoms with E-state index in [1.807, 2.05) is 6.07 Å². The van der Waals surface area contributed by atoms with Gasteiger partial charge in [-0.3, -0.25) is 4.90 Å². The summed E-state index contributed by atoms with van der Waals surface area (Å²) in [5.74, 6) is 0. The number of piperidine rings is 1. The van der Waals surface area contributed by atoms with E-state index in [0.29, 0.717) is 18.6 Å². The zero-order valence-corrected chi connectivity index (χ0v) is 11.3. The summed E-state index contributed by atoms with van der Waals surface area (Å²) in [4.78, 5) is 2.54. The van der Waals surface area contributed by atoms with Gasteiger partial charge in [0.25, 0.3) is 0 Å². The summed E-state index contributed by atoms with van der Waals surface area (Å²) in [6, 6.07) is 11.5. The molecule has 1 heterocycles. The molecule has 2 rings (SSSR count). The van der Waals surface area contributed by atoms with E-state index in [0.717, 1.165) is 0 Å². The number of nitrogens with two attached hydrogens (primary N) is 1. The molecular formula is C16H24N2. The van der Waals surface area contributed by atoms with E-state index >= 15 is 0 Å². The predicted octanol–water partition coefficient (Wildman–Crippen LogP) is 2.90. The van der Waals surface area contributed by atoms with Crippen LogP contribution < -0.4 is 5.73 Å². The fraction of sp³-hybridized carbons (Fsp3) is 0.500. The van der Waals surface area contributed by atoms with Crippen LogP contribution in [-0.4, -0.2) is 30.1 Å². The summed E-state index contributed by atoms with van der Waals surface area (Å²) in [6.45, 7) is 4.20. The van der Waals surface area contributed by atoms with Gasteiger partial charge in [0, 0.05) is 18.6 Å². The molecular weight excluding hydrogens is 220 g/mol. The lowest BCUT2D eigenvalue weighted by Crippen LogP contribution is -2.47. The number of benzene rings is 1. The molecule has 2 nitrogen and oxygen atoms in total. The first-order valence-electron chi connectivity index (χ1n) is 7.00. The highest BCUT2D eigenvalue weighted by Gasteiger charge is 2.23. The molecule has 1 fully saturated rings. The van der Waals surface area contributed by atoms with Gasteiger partial charge in [0.2, 0.25) is 0 Å². The summed E-state index contributed by atoms with van der Waals surface area (Å²) >= 11 is 0. The second-order valence-electron chi connectivity index (χ2n) is 5.16. The minimum atomic E-state index is 0.375. The quantitative estimate of drug-likeness (QED) is 0.882. The van der Waals surface area contributed by atoms with Crippen LogP contribution in [-0.2, 0) is 0 Å². The van der Waals surface area contributed by atoms with Crippen molar-refractivity contribution in [1.82, 2.24) is 4.90 Å². The molecule has 2 unspecified atom stereocenters. The maximum atomic E-state index is 5.94. The molecule has 0 aromatic heterocycles. The lowest BCUT2D eigenvalue weighted by Gasteiger charge is -2.38. The van der Waals surface area contributed by atoms with Gasteiger partial charge in [-0.2, -0.15) is 0 Å². The highest BCUT2D eigenvalue weighted by molar-refractivity contribution is 5.49. The first-order chi connectivity index (χ1) is 8.81. The van der Waals surface area contributed by atoms with Crippen molar-refractivity contribution in [3.63, 3.8) is 0 Å². The Labute approximate surface area is 110 Å². The van der Waals surface area contributed by atoms with Crippen molar-refractivity contribution in [3.8, 4) is 0 Å². The van der Waals surface area contributed by atoms with Gasteiger partial charge in [-0.05, 0) is 31.9 Å². The van der Waals surface area contributed by atoms with Gasteiger partial charge >= 0.3 is 0 Å². The molecule has 1 aromatic carbocycles. The van der Waals surface area contributed by atoms with Crippen LogP contribution >= 0.6 is 0 Å². The predicted molar refractivity (Wildman–Crippen MR) is 78.3 cm³/mol. The summed E-state index contributed by atoms with van der Waals surface area (Å²) < 4.78 is 0. The molecule has 0 radical (unpaired) electrons. The third-order valence-corrected chi connectivity index (χ3v) is 3.83. The normalized spacial score (nSPS) is 23.3. The minimum Gasteiger partial charge on any atom is -0.329 e. The van der Waals surface area contributed by atoms with Crippen molar-refractivity contribution in [1.29, 1.82) is 0 Å². The zero-order valence-electron chi connectivity index (χ0n) is 11.3. The van der Waals surface area contributed by atoms with Crippen molar-refractivity contribution in [2.75, 3.05) is 13.1 Å². The number of likely N-dealkylation sites (tertiary alicyclic amines) is 1. The molecule has 2 N–H and O–H groups in total. The molecule has 1 aliphatic heterocycles. The second-order valence-corrected chi connectivity index (χ2v) is 5.16. The number of hydrogen-bond donors (Lipinski definition) is 1. The maximum Gasteiger partial charge on any atom is 0.0407 e. The van der Waals surface area contributed by atoms with Gasteiger partial charge in [-0.1, -0.05) is 48.9 Å². The Morgan fingerprint density at radius 1 is 1.33 bits per heavy atom. The van der Waals surface area contributed by atoms with E-state index in [1.54, 1.807) is 0 Å². The zero-order chi connectivity index (χ0) is 12.8. The first-order valence-corrected chi connectivity index (χ1v) is 7.00. The van der Waals surface area contributed by atoms with Gasteiger partial charge < -0.3 is 5.73 Å². The third-order valence-electron chi connectivity index (χ3n) is 3.83. The third kappa shape index (κ3) is 3.44. The highest BCUT2D eigenvalue weighted by Crippen LogP contribution is 2.19. The molecule has 0 bridgehead atoms. The Bertz CT molecular complexity index is 372. The SMILES string of the molecule is CC1CCCCN1C(/C=C\c1ccccc1)CN. The van der Waals surface area contributed by atoms with Gasteiger partial charge in [0.05, 0.1) is 0 Å². The molecule has 1 saturated heterocycles. The molecule has 0 amide bonds. The molecule has 1 aromatic rings. The minimum absolute atomic E-state index is 0.375. The average molecular weight is 244 g/mol. The monoisotopic (exact) mass is 244 g/mol. The van der Waals surface area contributed by atoms with Gasteiger partial charge in [0.15, 0.2) is 0 Å². The van der Waals surface area contributed by atoms with Crippen molar-refractivity contribution < 1.29 is 0 Å². The van der Waals surface area contributed by atoms with Crippen molar-refractivity contribution in [2.24, 2.45) is 5.73 Å². The van der Waals surface area contributed by atoms with Crippen molar-refractivity contribution >= 4 is 6.08 Å². The summed E-state index contributed by atoms with van der Waals surface area (Å²) in [6.07, 6.45) is 8.42. The van der Waals surface area contributed by atoms with E-state index < -0.39 is 0 Å². The molecule has 98 valence electrons. The van der Waals surface area contributed by atoms with Crippen LogP contribution in [0.15, 0.2) is 36.4 Å². The number of hydrogen-bond acceptors (Lipinski definition) is 2. The van der Waals surface area contributed by atoms with Crippen LogP contribution in [0, 0.1) is 0 Å². The van der Waals surface area contributed by atoms with Crippen molar-refractivity contribution in [3.05, 3.63) is 42.0 Å². The van der Waals surface area contributed by atoms with Crippen LogP contribution in [0.4, 0.5) is 0 Å². The molecule has 1 aliphatic rings. The highest BCUT2D eigenvalue weighted by atomic mass is 15.2. The summed E-state index contributed by atoms with van der Waals surface area (Å²) in [7, 11) is 0. The van der Waals surface area contributed by atoms with E-state index in [4.69, 9.17) is 5.73 Å². The van der Waals surface area contributed by atoms with Crippen LogP contribution in [0.2, 0.25) is 0 Å². The molecule has 2 heteroatoms. The van der Waals surface area contributed by atoms with E-state index in [1.165, 1.54) is 31.4 Å². The lowest BCUT2D eigenvalue weighted by atomic mass is 10.0. The molecule has 0 spiro atoms. The van der Waals surface area contributed by atoms with Crippen LogP contribution in [0.25, 0.3) is 6.08 Å². The standard InChI is InChI=1S/C16H24N2/c1-14-7-5-6-12-18(14)16(13-17)11-10-15-8-3-2-4-9-15/h2-4,8-11,14,16H,5-7,12-13,17H2,1H3/b11-10-. The average Bonchev–Trinajstić information content (AvgIpc) is 2.42. The summed E-state index contributed by atoms with van der Waals surface area (Å²) in [5, 5.41) is 0. The van der Waals surface area contributed by atoms with Crippen LogP contribution in [0.3, 0.4) is 0 Å². The maximum absolute atomic E-state index is 5.94. The Morgan fingerprint density at radius 3 is 2.78 bits per heavy atom. The lowest BCUT2D eigenvalue weighted by molar-refractivity contribution is 0.132. The smallest absolute Gasteiger partial charge is 0.0407 e. The number of nitrogens with zero attached hydrogens (tertiary/aromatic N) is 1. The van der Waals surface area contributed by atoms with Gasteiger partial charge in [-0.15, -0.1) is 0 Å². The fourth-order valence-corrected chi connectivity index (χ4v) is 2.72. The second kappa shape index (κ2) is 6.72. The molecule has 0 saturated carbocycles. The van der Waals surface area contributed by atoms with Crippen LogP contribution in [0.5, 0.6) is 0 Å². The Hall–Kier alpha value is -1.12. The van der Waals surface area contributed by atoms with E-state index in [9.17, 15) is 0 Å². The number of rotatable bonds is 4. The molecule has 18 heavy (non-hydrogen) atoms. The largest absolute Gasteiger partial charge is 0.329 e.